The van der Waals surface area contributed by atoms with Crippen LogP contribution < -0.4 is 14.6 Å². The van der Waals surface area contributed by atoms with E-state index in [2.05, 4.69) is 4.72 Å². The van der Waals surface area contributed by atoms with Gasteiger partial charge in [-0.15, -0.1) is 0 Å². The van der Waals surface area contributed by atoms with E-state index in [1.807, 2.05) is 0 Å². The number of ether oxygens (including phenoxy) is 1. The Bertz CT molecular complexity index is 697. The lowest BCUT2D eigenvalue weighted by atomic mass is 10.3. The maximum atomic E-state index is 12.1. The summed E-state index contributed by atoms with van der Waals surface area (Å²) >= 11 is 0. The highest BCUT2D eigenvalue weighted by atomic mass is 32.2. The quantitative estimate of drug-likeness (QED) is 0.743. The standard InChI is InChI=1S/C11H19N3O5S2/c1-4-14(5-2)21(17,18)13-9-6-7-10(19-3)11(8-9)20(12,15)16/h6-8,13H,4-5H2,1-3H3,(H2,12,15,16). The van der Waals surface area contributed by atoms with Crippen LogP contribution in [0.25, 0.3) is 0 Å². The first-order chi connectivity index (χ1) is 9.65. The summed E-state index contributed by atoms with van der Waals surface area (Å²) < 4.78 is 55.5. The van der Waals surface area contributed by atoms with Crippen molar-refractivity contribution in [3.05, 3.63) is 18.2 Å². The van der Waals surface area contributed by atoms with Crippen molar-refractivity contribution in [3.8, 4) is 5.75 Å². The first-order valence-corrected chi connectivity index (χ1v) is 9.13. The molecule has 0 aliphatic carbocycles. The highest BCUT2D eigenvalue weighted by Crippen LogP contribution is 2.26. The van der Waals surface area contributed by atoms with E-state index in [-0.39, 0.29) is 16.3 Å². The average Bonchev–Trinajstić information content (AvgIpc) is 2.38. The molecule has 8 nitrogen and oxygen atoms in total. The van der Waals surface area contributed by atoms with Crippen LogP contribution in [0, 0.1) is 0 Å². The number of benzene rings is 1. The lowest BCUT2D eigenvalue weighted by molar-refractivity contribution is 0.403. The number of nitrogens with two attached hydrogens (primary N) is 1. The summed E-state index contributed by atoms with van der Waals surface area (Å²) in [5, 5.41) is 5.08. The van der Waals surface area contributed by atoms with Crippen LogP contribution in [0.15, 0.2) is 23.1 Å². The van der Waals surface area contributed by atoms with Gasteiger partial charge in [0.05, 0.1) is 12.8 Å². The van der Waals surface area contributed by atoms with E-state index >= 15 is 0 Å². The minimum atomic E-state index is -4.03. The van der Waals surface area contributed by atoms with Gasteiger partial charge in [-0.1, -0.05) is 13.8 Å². The first kappa shape index (κ1) is 17.7. The lowest BCUT2D eigenvalue weighted by Gasteiger charge is -2.19. The second kappa shape index (κ2) is 6.60. The van der Waals surface area contributed by atoms with Crippen molar-refractivity contribution in [2.24, 2.45) is 5.14 Å². The Morgan fingerprint density at radius 3 is 2.19 bits per heavy atom. The predicted molar refractivity (Wildman–Crippen MR) is 79.8 cm³/mol. The molecule has 0 radical (unpaired) electrons. The van der Waals surface area contributed by atoms with Crippen molar-refractivity contribution in [1.82, 2.24) is 4.31 Å². The summed E-state index contributed by atoms with van der Waals surface area (Å²) in [6.45, 7) is 3.99. The molecule has 0 aliphatic heterocycles. The minimum absolute atomic E-state index is 0.0447. The Labute approximate surface area is 125 Å². The number of nitrogens with zero attached hydrogens (tertiary/aromatic N) is 1. The molecule has 21 heavy (non-hydrogen) atoms. The van der Waals surface area contributed by atoms with E-state index < -0.39 is 20.2 Å². The topological polar surface area (TPSA) is 119 Å². The zero-order chi connectivity index (χ0) is 16.3. The number of primary sulfonamides is 1. The molecule has 0 unspecified atom stereocenters. The monoisotopic (exact) mass is 337 g/mol. The van der Waals surface area contributed by atoms with Crippen LogP contribution in [-0.2, 0) is 20.2 Å². The van der Waals surface area contributed by atoms with Crippen LogP contribution in [0.2, 0.25) is 0 Å². The molecule has 0 atom stereocenters. The molecule has 120 valence electrons. The van der Waals surface area contributed by atoms with Gasteiger partial charge in [0, 0.05) is 13.1 Å². The summed E-state index contributed by atoms with van der Waals surface area (Å²) in [6.07, 6.45) is 0. The van der Waals surface area contributed by atoms with Crippen LogP contribution in [0.1, 0.15) is 13.8 Å². The zero-order valence-electron chi connectivity index (χ0n) is 12.0. The van der Waals surface area contributed by atoms with Crippen LogP contribution in [0.3, 0.4) is 0 Å². The maximum absolute atomic E-state index is 12.1. The fraction of sp³-hybridized carbons (Fsp3) is 0.455. The molecule has 3 N–H and O–H groups in total. The normalized spacial score (nSPS) is 12.4. The van der Waals surface area contributed by atoms with Crippen LogP contribution >= 0.6 is 0 Å². The van der Waals surface area contributed by atoms with E-state index in [0.717, 1.165) is 6.07 Å². The highest BCUT2D eigenvalue weighted by Gasteiger charge is 2.21. The van der Waals surface area contributed by atoms with Crippen molar-refractivity contribution in [2.75, 3.05) is 24.9 Å². The number of hydrogen-bond acceptors (Lipinski definition) is 5. The van der Waals surface area contributed by atoms with E-state index in [0.29, 0.717) is 13.1 Å². The summed E-state index contributed by atoms with van der Waals surface area (Å²) in [5.74, 6) is 0.0447. The molecule has 0 aliphatic rings. The van der Waals surface area contributed by atoms with E-state index in [1.165, 1.54) is 23.5 Å². The Morgan fingerprint density at radius 2 is 1.76 bits per heavy atom. The molecule has 0 bridgehead atoms. The summed E-state index contributed by atoms with van der Waals surface area (Å²) in [5.41, 5.74) is 0.0896. The van der Waals surface area contributed by atoms with Gasteiger partial charge >= 0.3 is 10.2 Å². The van der Waals surface area contributed by atoms with Gasteiger partial charge in [-0.05, 0) is 18.2 Å². The van der Waals surface area contributed by atoms with Crippen molar-refractivity contribution < 1.29 is 21.6 Å². The largest absolute Gasteiger partial charge is 0.495 e. The fourth-order valence-electron chi connectivity index (χ4n) is 1.74. The third-order valence-corrected chi connectivity index (χ3v) is 5.38. The Hall–Kier alpha value is -1.36. The van der Waals surface area contributed by atoms with Crippen LogP contribution in [0.4, 0.5) is 5.69 Å². The van der Waals surface area contributed by atoms with E-state index in [4.69, 9.17) is 9.88 Å². The van der Waals surface area contributed by atoms with E-state index in [1.54, 1.807) is 13.8 Å². The van der Waals surface area contributed by atoms with Gasteiger partial charge < -0.3 is 4.74 Å². The molecule has 0 saturated carbocycles. The van der Waals surface area contributed by atoms with Gasteiger partial charge in [-0.2, -0.15) is 12.7 Å². The Kier molecular flexibility index (Phi) is 5.56. The number of rotatable bonds is 7. The number of sulfonamides is 1. The summed E-state index contributed by atoms with van der Waals surface area (Å²) in [6, 6.07) is 3.85. The molecule has 0 spiro atoms. The van der Waals surface area contributed by atoms with E-state index in [9.17, 15) is 16.8 Å². The molecule has 0 heterocycles. The number of methoxy groups -OCH3 is 1. The predicted octanol–water partition coefficient (Wildman–Crippen LogP) is 0.341. The van der Waals surface area contributed by atoms with Crippen molar-refractivity contribution in [2.45, 2.75) is 18.7 Å². The van der Waals surface area contributed by atoms with Crippen molar-refractivity contribution >= 4 is 25.9 Å². The SMILES string of the molecule is CCN(CC)S(=O)(=O)Nc1ccc(OC)c(S(N)(=O)=O)c1. The number of nitrogens with one attached hydrogen (secondary N) is 1. The molecule has 0 aromatic heterocycles. The van der Waals surface area contributed by atoms with Crippen molar-refractivity contribution in [1.29, 1.82) is 0 Å². The van der Waals surface area contributed by atoms with Crippen LogP contribution in [0.5, 0.6) is 5.75 Å². The second-order valence-electron chi connectivity index (χ2n) is 4.10. The first-order valence-electron chi connectivity index (χ1n) is 6.14. The highest BCUT2D eigenvalue weighted by molar-refractivity contribution is 7.90. The Balaban J connectivity index is 3.23. The molecule has 1 aromatic carbocycles. The third kappa shape index (κ3) is 4.30. The van der Waals surface area contributed by atoms with Gasteiger partial charge in [0.1, 0.15) is 10.6 Å². The van der Waals surface area contributed by atoms with Crippen molar-refractivity contribution in [3.63, 3.8) is 0 Å². The molecule has 10 heteroatoms. The maximum Gasteiger partial charge on any atom is 0.301 e. The summed E-state index contributed by atoms with van der Waals surface area (Å²) in [7, 11) is -6.48. The smallest absolute Gasteiger partial charge is 0.301 e. The molecular formula is C11H19N3O5S2. The van der Waals surface area contributed by atoms with Gasteiger partial charge in [0.15, 0.2) is 0 Å². The zero-order valence-corrected chi connectivity index (χ0v) is 13.7. The second-order valence-corrected chi connectivity index (χ2v) is 7.30. The molecule has 1 aromatic rings. The Morgan fingerprint density at radius 1 is 1.19 bits per heavy atom. The molecule has 1 rings (SSSR count). The average molecular weight is 337 g/mol. The van der Waals surface area contributed by atoms with Gasteiger partial charge in [-0.3, -0.25) is 4.72 Å². The number of anilines is 1. The van der Waals surface area contributed by atoms with Crippen LogP contribution in [-0.4, -0.2) is 41.3 Å². The van der Waals surface area contributed by atoms with Gasteiger partial charge in [0.2, 0.25) is 10.0 Å². The third-order valence-electron chi connectivity index (χ3n) is 2.76. The number of hydrogen-bond donors (Lipinski definition) is 2. The molecule has 0 saturated heterocycles. The molecule has 0 fully saturated rings. The fourth-order valence-corrected chi connectivity index (χ4v) is 3.70. The molecular weight excluding hydrogens is 318 g/mol. The molecule has 0 amide bonds. The van der Waals surface area contributed by atoms with Gasteiger partial charge in [0.25, 0.3) is 0 Å². The minimum Gasteiger partial charge on any atom is -0.495 e. The lowest BCUT2D eigenvalue weighted by Crippen LogP contribution is -2.35. The summed E-state index contributed by atoms with van der Waals surface area (Å²) in [4.78, 5) is -0.287. The van der Waals surface area contributed by atoms with Gasteiger partial charge in [-0.25, -0.2) is 13.6 Å².